The molecule has 0 aromatic heterocycles. The first-order chi connectivity index (χ1) is 2.91. The Morgan fingerprint density at radius 3 is 2.50 bits per heavy atom. The molecule has 6 heavy (non-hydrogen) atoms. The van der Waals surface area contributed by atoms with Crippen molar-refractivity contribution in [1.82, 2.24) is 5.32 Å². The second kappa shape index (κ2) is 4.54. The maximum Gasteiger partial charge on any atom is 0.0112 e. The lowest BCUT2D eigenvalue weighted by Crippen LogP contribution is -2.00. The molecule has 0 aliphatic heterocycles. The highest BCUT2D eigenvalue weighted by Crippen LogP contribution is 1.58. The van der Waals surface area contributed by atoms with E-state index in [0.29, 0.717) is 0 Å². The van der Waals surface area contributed by atoms with Gasteiger partial charge in [0.1, 0.15) is 0 Å². The smallest absolute Gasteiger partial charge is 0.0112 e. The van der Waals surface area contributed by atoms with Crippen molar-refractivity contribution in [3.63, 3.8) is 0 Å². The van der Waals surface area contributed by atoms with Crippen LogP contribution in [0.2, 0.25) is 0 Å². The van der Waals surface area contributed by atoms with Crippen molar-refractivity contribution < 1.29 is 0 Å². The van der Waals surface area contributed by atoms with Gasteiger partial charge in [-0.3, -0.25) is 0 Å². The molecule has 0 spiro atoms. The van der Waals surface area contributed by atoms with Gasteiger partial charge in [0.25, 0.3) is 0 Å². The van der Waals surface area contributed by atoms with Gasteiger partial charge in [-0.2, -0.15) is 0 Å². The molecule has 36 valence electrons. The third-order valence-electron chi connectivity index (χ3n) is 0.489. The van der Waals surface area contributed by atoms with Crippen molar-refractivity contribution in [3.8, 4) is 0 Å². The van der Waals surface area contributed by atoms with Gasteiger partial charge in [-0.15, -0.1) is 0 Å². The van der Waals surface area contributed by atoms with Crippen LogP contribution in [-0.4, -0.2) is 6.54 Å². The summed E-state index contributed by atoms with van der Waals surface area (Å²) >= 11 is 0. The van der Waals surface area contributed by atoms with E-state index in [9.17, 15) is 0 Å². The molecule has 0 bridgehead atoms. The fraction of sp³-hybridized carbons (Fsp3) is 0.600. The molecule has 1 heteroatoms. The molecule has 0 atom stereocenters. The number of nitrogens with one attached hydrogen (secondary N) is 1. The van der Waals surface area contributed by atoms with Crippen LogP contribution in [0, 0.1) is 0 Å². The number of allylic oxidation sites excluding steroid dienone is 1. The zero-order chi connectivity index (χ0) is 4.83. The Kier molecular flexibility index (Phi) is 4.19. The Balaban J connectivity index is 2.66. The van der Waals surface area contributed by atoms with Crippen LogP contribution in [-0.2, 0) is 0 Å². The van der Waals surface area contributed by atoms with Crippen LogP contribution >= 0.6 is 0 Å². The van der Waals surface area contributed by atoms with E-state index >= 15 is 0 Å². The molecule has 0 rings (SSSR count). The quantitative estimate of drug-likeness (QED) is 0.530. The number of hydrogen-bond acceptors (Lipinski definition) is 1. The maximum absolute atomic E-state index is 3.02. The second-order valence-electron chi connectivity index (χ2n) is 1.06. The van der Waals surface area contributed by atoms with Crippen molar-refractivity contribution in [3.05, 3.63) is 12.3 Å². The lowest BCUT2D eigenvalue weighted by molar-refractivity contribution is 0.917. The van der Waals surface area contributed by atoms with Crippen molar-refractivity contribution >= 4 is 0 Å². The SMILES string of the molecule is C/C=C\NCC. The lowest BCUT2D eigenvalue weighted by atomic mass is 10.6. The van der Waals surface area contributed by atoms with Gasteiger partial charge in [0.2, 0.25) is 0 Å². The van der Waals surface area contributed by atoms with Crippen molar-refractivity contribution in [1.29, 1.82) is 0 Å². The molecule has 0 heterocycles. The van der Waals surface area contributed by atoms with Crippen LogP contribution in [0.3, 0.4) is 0 Å². The lowest BCUT2D eigenvalue weighted by Gasteiger charge is -1.85. The summed E-state index contributed by atoms with van der Waals surface area (Å²) in [6.45, 7) is 5.08. The normalized spacial score (nSPS) is 9.67. The van der Waals surface area contributed by atoms with E-state index in [1.54, 1.807) is 0 Å². The Hall–Kier alpha value is -0.460. The van der Waals surface area contributed by atoms with E-state index in [0.717, 1.165) is 6.54 Å². The first-order valence-corrected chi connectivity index (χ1v) is 2.26. The Morgan fingerprint density at radius 2 is 2.33 bits per heavy atom. The summed E-state index contributed by atoms with van der Waals surface area (Å²) in [7, 11) is 0. The second-order valence-corrected chi connectivity index (χ2v) is 1.06. The van der Waals surface area contributed by atoms with Crippen molar-refractivity contribution in [2.45, 2.75) is 13.8 Å². The van der Waals surface area contributed by atoms with E-state index in [4.69, 9.17) is 0 Å². The first-order valence-electron chi connectivity index (χ1n) is 2.26. The molecule has 0 aliphatic carbocycles. The summed E-state index contributed by atoms with van der Waals surface area (Å²) in [6, 6.07) is 0. The Morgan fingerprint density at radius 1 is 1.67 bits per heavy atom. The molecule has 0 aromatic carbocycles. The predicted molar refractivity (Wildman–Crippen MR) is 28.5 cm³/mol. The highest BCUT2D eigenvalue weighted by atomic mass is 14.8. The van der Waals surface area contributed by atoms with Gasteiger partial charge in [0, 0.05) is 6.54 Å². The van der Waals surface area contributed by atoms with E-state index in [1.807, 2.05) is 19.2 Å². The summed E-state index contributed by atoms with van der Waals surface area (Å²) in [5, 5.41) is 3.02. The van der Waals surface area contributed by atoms with Crippen LogP contribution in [0.15, 0.2) is 12.3 Å². The van der Waals surface area contributed by atoms with Crippen LogP contribution in [0.25, 0.3) is 0 Å². The fourth-order valence-electron chi connectivity index (χ4n) is 0.236. The summed E-state index contributed by atoms with van der Waals surface area (Å²) in [5.41, 5.74) is 0. The summed E-state index contributed by atoms with van der Waals surface area (Å²) in [6.07, 6.45) is 3.91. The van der Waals surface area contributed by atoms with Gasteiger partial charge in [-0.1, -0.05) is 6.08 Å². The van der Waals surface area contributed by atoms with Gasteiger partial charge in [-0.05, 0) is 20.0 Å². The summed E-state index contributed by atoms with van der Waals surface area (Å²) < 4.78 is 0. The van der Waals surface area contributed by atoms with Crippen molar-refractivity contribution in [2.75, 3.05) is 6.54 Å². The molecule has 0 saturated heterocycles. The molecular weight excluding hydrogens is 74.1 g/mol. The molecule has 0 fully saturated rings. The minimum atomic E-state index is 1.02. The average Bonchev–Trinajstić information content (AvgIpc) is 1.61. The highest BCUT2D eigenvalue weighted by molar-refractivity contribution is 4.72. The molecule has 0 aliphatic rings. The third-order valence-corrected chi connectivity index (χ3v) is 0.489. The van der Waals surface area contributed by atoms with Gasteiger partial charge < -0.3 is 5.32 Å². The molecular formula is C5H11N. The van der Waals surface area contributed by atoms with E-state index < -0.39 is 0 Å². The number of rotatable bonds is 2. The van der Waals surface area contributed by atoms with Gasteiger partial charge >= 0.3 is 0 Å². The van der Waals surface area contributed by atoms with Crippen LogP contribution in [0.1, 0.15) is 13.8 Å². The highest BCUT2D eigenvalue weighted by Gasteiger charge is 1.58. The Labute approximate surface area is 39.1 Å². The van der Waals surface area contributed by atoms with Crippen molar-refractivity contribution in [2.24, 2.45) is 0 Å². The van der Waals surface area contributed by atoms with Gasteiger partial charge in [0.15, 0.2) is 0 Å². The summed E-state index contributed by atoms with van der Waals surface area (Å²) in [5.74, 6) is 0. The van der Waals surface area contributed by atoms with E-state index in [-0.39, 0.29) is 0 Å². The molecule has 0 radical (unpaired) electrons. The van der Waals surface area contributed by atoms with E-state index in [1.165, 1.54) is 0 Å². The topological polar surface area (TPSA) is 12.0 Å². The molecule has 0 saturated carbocycles. The zero-order valence-electron chi connectivity index (χ0n) is 4.36. The molecule has 1 N–H and O–H groups in total. The largest absolute Gasteiger partial charge is 0.391 e. The third kappa shape index (κ3) is 3.54. The van der Waals surface area contributed by atoms with Crippen LogP contribution < -0.4 is 5.32 Å². The molecule has 0 unspecified atom stereocenters. The predicted octanol–water partition coefficient (Wildman–Crippen LogP) is 1.13. The van der Waals surface area contributed by atoms with E-state index in [2.05, 4.69) is 12.2 Å². The van der Waals surface area contributed by atoms with Gasteiger partial charge in [-0.25, -0.2) is 0 Å². The minimum absolute atomic E-state index is 1.02. The number of hydrogen-bond donors (Lipinski definition) is 1. The Bertz CT molecular complexity index is 39.2. The molecule has 0 amide bonds. The maximum atomic E-state index is 3.02. The van der Waals surface area contributed by atoms with Crippen LogP contribution in [0.4, 0.5) is 0 Å². The zero-order valence-corrected chi connectivity index (χ0v) is 4.36. The monoisotopic (exact) mass is 85.1 g/mol. The molecule has 1 nitrogen and oxygen atoms in total. The fourth-order valence-corrected chi connectivity index (χ4v) is 0.236. The van der Waals surface area contributed by atoms with Gasteiger partial charge in [0.05, 0.1) is 0 Å². The van der Waals surface area contributed by atoms with Crippen LogP contribution in [0.5, 0.6) is 0 Å². The first kappa shape index (κ1) is 5.54. The average molecular weight is 85.2 g/mol. The standard InChI is InChI=1S/C5H11N/c1-3-5-6-4-2/h3,5-6H,4H2,1-2H3/b5-3-. The minimum Gasteiger partial charge on any atom is -0.391 e. The summed E-state index contributed by atoms with van der Waals surface area (Å²) in [4.78, 5) is 0. The molecule has 0 aromatic rings.